The number of fused-ring (bicyclic) bond motifs is 3. The van der Waals surface area contributed by atoms with Crippen molar-refractivity contribution >= 4 is 0 Å². The third kappa shape index (κ3) is 3.19. The normalized spacial score (nSPS) is 11.8. The van der Waals surface area contributed by atoms with Gasteiger partial charge in [0.15, 0.2) is 0 Å². The monoisotopic (exact) mass is 274 g/mol. The summed E-state index contributed by atoms with van der Waals surface area (Å²) in [6.07, 6.45) is 13.5. The average molecular weight is 274 g/mol. The van der Waals surface area contributed by atoms with E-state index in [0.29, 0.717) is 0 Å². The number of rotatable bonds is 6. The Morgan fingerprint density at radius 3 is 2.57 bits per heavy atom. The molecule has 0 nitrogen and oxygen atoms in total. The lowest BCUT2D eigenvalue weighted by molar-refractivity contribution is 0.650. The second-order valence-corrected chi connectivity index (χ2v) is 5.94. The van der Waals surface area contributed by atoms with Crippen LogP contribution in [0.1, 0.15) is 48.8 Å². The van der Waals surface area contributed by atoms with Crippen molar-refractivity contribution < 1.29 is 0 Å². The van der Waals surface area contributed by atoms with Gasteiger partial charge in [0.1, 0.15) is 0 Å². The molecule has 0 spiro atoms. The van der Waals surface area contributed by atoms with Gasteiger partial charge in [0, 0.05) is 6.42 Å². The molecule has 0 bridgehead atoms. The van der Waals surface area contributed by atoms with E-state index in [2.05, 4.69) is 48.4 Å². The topological polar surface area (TPSA) is 0 Å². The maximum absolute atomic E-state index is 5.28. The fourth-order valence-electron chi connectivity index (χ4n) is 3.24. The Bertz CT molecular complexity index is 658. The molecule has 0 fully saturated rings. The Morgan fingerprint density at radius 2 is 1.67 bits per heavy atom. The summed E-state index contributed by atoms with van der Waals surface area (Å²) in [6, 6.07) is 15.8. The Morgan fingerprint density at radius 1 is 0.857 bits per heavy atom. The molecule has 0 heterocycles. The number of unbranched alkanes of at least 4 members (excludes halogenated alkanes) is 4. The van der Waals surface area contributed by atoms with Gasteiger partial charge in [0.2, 0.25) is 0 Å². The van der Waals surface area contributed by atoms with Crippen molar-refractivity contribution in [2.24, 2.45) is 0 Å². The summed E-state index contributed by atoms with van der Waals surface area (Å²) >= 11 is 0. The van der Waals surface area contributed by atoms with Crippen LogP contribution in [0.5, 0.6) is 0 Å². The van der Waals surface area contributed by atoms with Crippen LogP contribution in [0.25, 0.3) is 11.1 Å². The van der Waals surface area contributed by atoms with Gasteiger partial charge < -0.3 is 0 Å². The Balaban J connectivity index is 1.61. The minimum atomic E-state index is 0.926. The summed E-state index contributed by atoms with van der Waals surface area (Å²) in [5.41, 5.74) is 7.31. The van der Waals surface area contributed by atoms with E-state index >= 15 is 0 Å². The fourth-order valence-corrected chi connectivity index (χ4v) is 3.24. The highest BCUT2D eigenvalue weighted by molar-refractivity contribution is 5.77. The van der Waals surface area contributed by atoms with Crippen LogP contribution in [0.3, 0.4) is 0 Å². The van der Waals surface area contributed by atoms with E-state index in [0.717, 1.165) is 12.8 Å². The molecule has 21 heavy (non-hydrogen) atoms. The van der Waals surface area contributed by atoms with E-state index in [1.165, 1.54) is 59.9 Å². The molecule has 0 saturated carbocycles. The molecular formula is C21H22. The second-order valence-electron chi connectivity index (χ2n) is 5.94. The van der Waals surface area contributed by atoms with Crippen molar-refractivity contribution in [3.63, 3.8) is 0 Å². The third-order valence-electron chi connectivity index (χ3n) is 4.40. The van der Waals surface area contributed by atoms with Crippen LogP contribution in [0.15, 0.2) is 42.5 Å². The lowest BCUT2D eigenvalue weighted by Crippen LogP contribution is -1.88. The lowest BCUT2D eigenvalue weighted by Gasteiger charge is -2.06. The number of hydrogen-bond donors (Lipinski definition) is 0. The first-order valence-corrected chi connectivity index (χ1v) is 8.02. The molecule has 2 aromatic rings. The molecular weight excluding hydrogens is 252 g/mol. The molecule has 0 unspecified atom stereocenters. The molecule has 1 aliphatic carbocycles. The van der Waals surface area contributed by atoms with E-state index < -0.39 is 0 Å². The molecule has 0 N–H and O–H groups in total. The van der Waals surface area contributed by atoms with Gasteiger partial charge in [-0.15, -0.1) is 12.3 Å². The Kier molecular flexibility index (Phi) is 4.41. The molecule has 106 valence electrons. The minimum absolute atomic E-state index is 0.926. The van der Waals surface area contributed by atoms with Crippen LogP contribution in [-0.4, -0.2) is 0 Å². The molecule has 0 aromatic heterocycles. The van der Waals surface area contributed by atoms with Gasteiger partial charge in [0.05, 0.1) is 0 Å². The van der Waals surface area contributed by atoms with Crippen molar-refractivity contribution in [3.8, 4) is 23.5 Å². The van der Waals surface area contributed by atoms with Gasteiger partial charge in [-0.05, 0) is 53.5 Å². The predicted molar refractivity (Wildman–Crippen MR) is 90.3 cm³/mol. The SMILES string of the molecule is C#CCCCCCCc1ccc2c(c1)-c1ccccc1C2. The van der Waals surface area contributed by atoms with Crippen LogP contribution in [0.2, 0.25) is 0 Å². The second kappa shape index (κ2) is 6.64. The van der Waals surface area contributed by atoms with Crippen molar-refractivity contribution in [3.05, 3.63) is 59.2 Å². The summed E-state index contributed by atoms with van der Waals surface area (Å²) < 4.78 is 0. The number of terminal acetylenes is 1. The largest absolute Gasteiger partial charge is 0.120 e. The number of hydrogen-bond acceptors (Lipinski definition) is 0. The van der Waals surface area contributed by atoms with Gasteiger partial charge >= 0.3 is 0 Å². The zero-order valence-corrected chi connectivity index (χ0v) is 12.6. The lowest BCUT2D eigenvalue weighted by atomic mass is 9.99. The fraction of sp³-hybridized carbons (Fsp3) is 0.333. The van der Waals surface area contributed by atoms with Crippen LogP contribution in [0, 0.1) is 12.3 Å². The van der Waals surface area contributed by atoms with E-state index in [4.69, 9.17) is 6.42 Å². The summed E-state index contributed by atoms with van der Waals surface area (Å²) in [4.78, 5) is 0. The van der Waals surface area contributed by atoms with E-state index in [9.17, 15) is 0 Å². The van der Waals surface area contributed by atoms with Crippen molar-refractivity contribution in [2.45, 2.75) is 44.9 Å². The van der Waals surface area contributed by atoms with Crippen LogP contribution in [-0.2, 0) is 12.8 Å². The van der Waals surface area contributed by atoms with Crippen LogP contribution < -0.4 is 0 Å². The highest BCUT2D eigenvalue weighted by Crippen LogP contribution is 2.36. The maximum atomic E-state index is 5.28. The molecule has 0 atom stereocenters. The summed E-state index contributed by atoms with van der Waals surface area (Å²) in [7, 11) is 0. The van der Waals surface area contributed by atoms with Gasteiger partial charge in [0.25, 0.3) is 0 Å². The van der Waals surface area contributed by atoms with E-state index in [-0.39, 0.29) is 0 Å². The molecule has 1 aliphatic rings. The zero-order chi connectivity index (χ0) is 14.5. The Labute approximate surface area is 128 Å². The zero-order valence-electron chi connectivity index (χ0n) is 12.6. The molecule has 0 heteroatoms. The highest BCUT2D eigenvalue weighted by atomic mass is 14.2. The quantitative estimate of drug-likeness (QED) is 0.418. The van der Waals surface area contributed by atoms with Crippen molar-refractivity contribution in [1.82, 2.24) is 0 Å². The molecule has 0 amide bonds. The summed E-state index contributed by atoms with van der Waals surface area (Å²) in [5, 5.41) is 0. The average Bonchev–Trinajstić information content (AvgIpc) is 2.89. The van der Waals surface area contributed by atoms with Gasteiger partial charge in [-0.2, -0.15) is 0 Å². The van der Waals surface area contributed by atoms with Gasteiger partial charge in [-0.25, -0.2) is 0 Å². The first-order chi connectivity index (χ1) is 10.4. The first-order valence-electron chi connectivity index (χ1n) is 8.02. The first kappa shape index (κ1) is 14.0. The molecule has 0 radical (unpaired) electrons. The van der Waals surface area contributed by atoms with Crippen molar-refractivity contribution in [2.75, 3.05) is 0 Å². The summed E-state index contributed by atoms with van der Waals surface area (Å²) in [5.74, 6) is 2.71. The number of benzene rings is 2. The maximum Gasteiger partial charge on any atom is 0.00860 e. The smallest absolute Gasteiger partial charge is 0.00860 e. The number of aryl methyl sites for hydroxylation is 1. The van der Waals surface area contributed by atoms with Crippen molar-refractivity contribution in [1.29, 1.82) is 0 Å². The van der Waals surface area contributed by atoms with Crippen LogP contribution in [0.4, 0.5) is 0 Å². The Hall–Kier alpha value is -2.00. The molecule has 3 rings (SSSR count). The predicted octanol–water partition coefficient (Wildman–Crippen LogP) is 5.38. The molecule has 0 saturated heterocycles. The van der Waals surface area contributed by atoms with Gasteiger partial charge in [-0.3, -0.25) is 0 Å². The molecule has 0 aliphatic heterocycles. The third-order valence-corrected chi connectivity index (χ3v) is 4.40. The highest BCUT2D eigenvalue weighted by Gasteiger charge is 2.17. The van der Waals surface area contributed by atoms with Crippen LogP contribution >= 0.6 is 0 Å². The minimum Gasteiger partial charge on any atom is -0.120 e. The summed E-state index contributed by atoms with van der Waals surface area (Å²) in [6.45, 7) is 0. The molecule has 2 aromatic carbocycles. The standard InChI is InChI=1S/C21H22/c1-2-3-4-5-6-7-10-17-13-14-19-16-18-11-8-9-12-20(18)21(19)15-17/h1,8-9,11-15H,3-7,10,16H2. The van der Waals surface area contributed by atoms with Gasteiger partial charge in [-0.1, -0.05) is 55.3 Å². The van der Waals surface area contributed by atoms with E-state index in [1.807, 2.05) is 0 Å². The van der Waals surface area contributed by atoms with E-state index in [1.54, 1.807) is 0 Å².